The highest BCUT2D eigenvalue weighted by atomic mass is 32.2. The fourth-order valence-corrected chi connectivity index (χ4v) is 7.45. The lowest BCUT2D eigenvalue weighted by Crippen LogP contribution is -2.52. The first-order valence-corrected chi connectivity index (χ1v) is 14.8. The van der Waals surface area contributed by atoms with E-state index in [2.05, 4.69) is 31.1 Å². The molecule has 0 bridgehead atoms. The smallest absolute Gasteiger partial charge is 0.374 e. The van der Waals surface area contributed by atoms with E-state index in [1.54, 1.807) is 35.2 Å². The van der Waals surface area contributed by atoms with E-state index in [-0.39, 0.29) is 40.2 Å². The van der Waals surface area contributed by atoms with Crippen molar-refractivity contribution < 1.29 is 26.4 Å². The number of sulfone groups is 1. The lowest BCUT2D eigenvalue weighted by molar-refractivity contribution is -0.137. The van der Waals surface area contributed by atoms with Crippen molar-refractivity contribution in [2.45, 2.75) is 74.8 Å². The molecular weight excluding hydrogens is 515 g/mol. The number of hydrogen-bond donors (Lipinski definition) is 1. The number of alkyl halides is 3. The van der Waals surface area contributed by atoms with E-state index < -0.39 is 27.6 Å². The van der Waals surface area contributed by atoms with Gasteiger partial charge in [-0.3, -0.25) is 4.79 Å². The first-order valence-electron chi connectivity index (χ1n) is 13.1. The van der Waals surface area contributed by atoms with Gasteiger partial charge < -0.3 is 15.1 Å². The first kappa shape index (κ1) is 28.4. The third-order valence-electron chi connectivity index (χ3n) is 8.01. The molecule has 2 aromatic rings. The van der Waals surface area contributed by atoms with Crippen molar-refractivity contribution in [2.24, 2.45) is 5.92 Å². The maximum absolute atomic E-state index is 13.5. The minimum atomic E-state index is -4.47. The van der Waals surface area contributed by atoms with E-state index in [4.69, 9.17) is 0 Å². The molecule has 0 aromatic heterocycles. The molecule has 2 aromatic carbocycles. The van der Waals surface area contributed by atoms with Gasteiger partial charge in [0, 0.05) is 30.4 Å². The van der Waals surface area contributed by atoms with Crippen LogP contribution in [0.2, 0.25) is 0 Å². The van der Waals surface area contributed by atoms with Crippen LogP contribution in [-0.2, 0) is 20.8 Å². The fourth-order valence-electron chi connectivity index (χ4n) is 5.76. The van der Waals surface area contributed by atoms with Crippen LogP contribution < -0.4 is 5.32 Å². The molecule has 4 rings (SSSR count). The quantitative estimate of drug-likeness (QED) is 0.496. The molecule has 6 nitrogen and oxygen atoms in total. The van der Waals surface area contributed by atoms with Gasteiger partial charge in [0.15, 0.2) is 9.84 Å². The third kappa shape index (κ3) is 6.34. The molecule has 2 aliphatic rings. The van der Waals surface area contributed by atoms with E-state index in [0.717, 1.165) is 18.6 Å². The molecule has 38 heavy (non-hydrogen) atoms. The predicted molar refractivity (Wildman–Crippen MR) is 141 cm³/mol. The topological polar surface area (TPSA) is 69.7 Å². The minimum Gasteiger partial charge on any atom is -0.374 e. The molecule has 1 amide bonds. The van der Waals surface area contributed by atoms with Crippen molar-refractivity contribution in [3.8, 4) is 0 Å². The average Bonchev–Trinajstić information content (AvgIpc) is 3.23. The van der Waals surface area contributed by atoms with Crippen LogP contribution in [0.4, 0.5) is 18.9 Å². The van der Waals surface area contributed by atoms with Crippen LogP contribution in [0.1, 0.15) is 45.1 Å². The first-order chi connectivity index (χ1) is 17.9. The number of likely N-dealkylation sites (tertiary alicyclic amines) is 1. The zero-order valence-electron chi connectivity index (χ0n) is 22.0. The van der Waals surface area contributed by atoms with E-state index in [9.17, 15) is 26.4 Å². The van der Waals surface area contributed by atoms with Gasteiger partial charge in [-0.2, -0.15) is 13.2 Å². The monoisotopic (exact) mass is 551 g/mol. The molecule has 10 heteroatoms. The standard InChI is InChI=1S/C28H36F3N3O3S/c1-19(2)33(3)23-12-13-26(20(16-23)18-38(36,37)24-10-5-4-6-11-24)34-15-14-25(27(34)35)32-22-9-7-8-21(17-22)28(29,30)31/h4-11,17,19-20,23,25-26,32H,12-16,18H2,1-3H3/t20-,23+,25?,26-/m0/s1. The number of halogens is 3. The number of nitrogens with one attached hydrogen (secondary N) is 1. The second kappa shape index (κ2) is 11.3. The summed E-state index contributed by atoms with van der Waals surface area (Å²) < 4.78 is 66.1. The Hall–Kier alpha value is -2.59. The van der Waals surface area contributed by atoms with Gasteiger partial charge >= 0.3 is 6.18 Å². The highest BCUT2D eigenvalue weighted by molar-refractivity contribution is 7.91. The number of hydrogen-bond acceptors (Lipinski definition) is 5. The normalized spacial score (nSPS) is 24.8. The summed E-state index contributed by atoms with van der Waals surface area (Å²) in [5, 5.41) is 2.99. The average molecular weight is 552 g/mol. The van der Waals surface area contributed by atoms with Gasteiger partial charge in [0.05, 0.1) is 16.2 Å². The summed E-state index contributed by atoms with van der Waals surface area (Å²) in [6, 6.07) is 12.8. The molecule has 1 aliphatic heterocycles. The van der Waals surface area contributed by atoms with Crippen LogP contribution in [-0.4, -0.2) is 67.6 Å². The zero-order chi connectivity index (χ0) is 27.7. The van der Waals surface area contributed by atoms with Crippen molar-refractivity contribution in [1.82, 2.24) is 9.80 Å². The van der Waals surface area contributed by atoms with Crippen molar-refractivity contribution in [1.29, 1.82) is 0 Å². The highest BCUT2D eigenvalue weighted by Crippen LogP contribution is 2.36. The van der Waals surface area contributed by atoms with Crippen LogP contribution in [0.15, 0.2) is 59.5 Å². The third-order valence-corrected chi connectivity index (χ3v) is 9.87. The number of rotatable bonds is 8. The summed E-state index contributed by atoms with van der Waals surface area (Å²) in [6.07, 6.45) is -1.85. The Bertz CT molecular complexity index is 1220. The van der Waals surface area contributed by atoms with Gasteiger partial charge in [0.2, 0.25) is 5.91 Å². The van der Waals surface area contributed by atoms with Gasteiger partial charge in [0.25, 0.3) is 0 Å². The van der Waals surface area contributed by atoms with Crippen molar-refractivity contribution in [3.63, 3.8) is 0 Å². The molecule has 1 saturated carbocycles. The molecular formula is C28H36F3N3O3S. The van der Waals surface area contributed by atoms with E-state index >= 15 is 0 Å². The second-order valence-corrected chi connectivity index (χ2v) is 12.8. The number of amides is 1. The predicted octanol–water partition coefficient (Wildman–Crippen LogP) is 5.07. The maximum Gasteiger partial charge on any atom is 0.416 e. The van der Waals surface area contributed by atoms with Gasteiger partial charge in [-0.15, -0.1) is 0 Å². The van der Waals surface area contributed by atoms with Gasteiger partial charge in [-0.05, 0) is 82.8 Å². The minimum absolute atomic E-state index is 0.0559. The van der Waals surface area contributed by atoms with Crippen LogP contribution in [0, 0.1) is 5.92 Å². The molecule has 4 atom stereocenters. The Morgan fingerprint density at radius 1 is 1.05 bits per heavy atom. The van der Waals surface area contributed by atoms with Crippen LogP contribution in [0.25, 0.3) is 0 Å². The summed E-state index contributed by atoms with van der Waals surface area (Å²) in [5.74, 6) is -0.499. The Balaban J connectivity index is 1.53. The number of benzene rings is 2. The Kier molecular flexibility index (Phi) is 8.42. The van der Waals surface area contributed by atoms with Crippen LogP contribution >= 0.6 is 0 Å². The summed E-state index contributed by atoms with van der Waals surface area (Å²) in [7, 11) is -1.52. The summed E-state index contributed by atoms with van der Waals surface area (Å²) in [6.45, 7) is 4.65. The van der Waals surface area contributed by atoms with Gasteiger partial charge in [-0.1, -0.05) is 24.3 Å². The van der Waals surface area contributed by atoms with Crippen molar-refractivity contribution in [2.75, 3.05) is 24.7 Å². The lowest BCUT2D eigenvalue weighted by atomic mass is 9.81. The maximum atomic E-state index is 13.5. The summed E-state index contributed by atoms with van der Waals surface area (Å²) >= 11 is 0. The SMILES string of the molecule is CC(C)N(C)[C@@H]1CC[C@H](N2CCC(Nc3cccc(C(F)(F)F)c3)C2=O)[C@H](CS(=O)(=O)c2ccccc2)C1. The van der Waals surface area contributed by atoms with Gasteiger partial charge in [-0.25, -0.2) is 8.42 Å². The molecule has 1 heterocycles. The lowest BCUT2D eigenvalue weighted by Gasteiger charge is -2.44. The zero-order valence-corrected chi connectivity index (χ0v) is 22.8. The summed E-state index contributed by atoms with van der Waals surface area (Å²) in [5.41, 5.74) is -0.533. The molecule has 1 saturated heterocycles. The number of carbonyl (C=O) groups excluding carboxylic acids is 1. The van der Waals surface area contributed by atoms with E-state index in [0.29, 0.717) is 31.8 Å². The molecule has 0 radical (unpaired) electrons. The Labute approximate surface area is 223 Å². The van der Waals surface area contributed by atoms with E-state index in [1.165, 1.54) is 12.1 Å². The molecule has 1 aliphatic carbocycles. The number of carbonyl (C=O) groups is 1. The van der Waals surface area contributed by atoms with E-state index in [1.807, 2.05) is 0 Å². The molecule has 208 valence electrons. The molecule has 1 N–H and O–H groups in total. The number of nitrogens with zero attached hydrogens (tertiary/aromatic N) is 2. The van der Waals surface area contributed by atoms with Crippen LogP contribution in [0.5, 0.6) is 0 Å². The van der Waals surface area contributed by atoms with Gasteiger partial charge in [0.1, 0.15) is 6.04 Å². The molecule has 1 unspecified atom stereocenters. The molecule has 2 fully saturated rings. The fraction of sp³-hybridized carbons (Fsp3) is 0.536. The highest BCUT2D eigenvalue weighted by Gasteiger charge is 2.44. The van der Waals surface area contributed by atoms with Crippen molar-refractivity contribution in [3.05, 3.63) is 60.2 Å². The van der Waals surface area contributed by atoms with Crippen molar-refractivity contribution >= 4 is 21.4 Å². The Morgan fingerprint density at radius 3 is 2.42 bits per heavy atom. The molecule has 0 spiro atoms. The Morgan fingerprint density at radius 2 is 1.76 bits per heavy atom. The second-order valence-electron chi connectivity index (χ2n) is 10.7. The largest absolute Gasteiger partial charge is 0.416 e. The number of anilines is 1. The van der Waals surface area contributed by atoms with Crippen LogP contribution in [0.3, 0.4) is 0 Å². The summed E-state index contributed by atoms with van der Waals surface area (Å²) in [4.78, 5) is 17.8.